The lowest BCUT2D eigenvalue weighted by atomic mass is 9.74. The summed E-state index contributed by atoms with van der Waals surface area (Å²) < 4.78 is 0. The summed E-state index contributed by atoms with van der Waals surface area (Å²) in [5, 5.41) is 9.20. The van der Waals surface area contributed by atoms with E-state index in [1.807, 2.05) is 13.1 Å². The minimum atomic E-state index is -0.187. The van der Waals surface area contributed by atoms with Gasteiger partial charge in [0.15, 0.2) is 0 Å². The van der Waals surface area contributed by atoms with Gasteiger partial charge in [-0.3, -0.25) is 0 Å². The number of rotatable bonds is 2. The Morgan fingerprint density at radius 1 is 1.45 bits per heavy atom. The summed E-state index contributed by atoms with van der Waals surface area (Å²) >= 11 is 0. The second kappa shape index (κ2) is 5.59. The van der Waals surface area contributed by atoms with Crippen molar-refractivity contribution in [3.63, 3.8) is 0 Å². The van der Waals surface area contributed by atoms with Crippen LogP contribution < -0.4 is 10.6 Å². The molecule has 2 rings (SSSR count). The summed E-state index contributed by atoms with van der Waals surface area (Å²) in [7, 11) is 2.01. The van der Waals surface area contributed by atoms with E-state index in [0.717, 1.165) is 18.7 Å². The zero-order chi connectivity index (χ0) is 14.3. The van der Waals surface area contributed by atoms with Crippen LogP contribution >= 0.6 is 12.4 Å². The first kappa shape index (κ1) is 16.7. The number of halogens is 1. The van der Waals surface area contributed by atoms with E-state index in [1.165, 1.54) is 0 Å². The minimum Gasteiger partial charge on any atom is -0.355 e. The molecular weight excluding hydrogens is 272 g/mol. The van der Waals surface area contributed by atoms with E-state index in [-0.39, 0.29) is 23.4 Å². The summed E-state index contributed by atoms with van der Waals surface area (Å²) in [6.07, 6.45) is 3.75. The van der Waals surface area contributed by atoms with E-state index in [2.05, 4.69) is 36.7 Å². The van der Waals surface area contributed by atoms with Gasteiger partial charge in [0.05, 0.1) is 5.56 Å². The molecule has 0 unspecified atom stereocenters. The van der Waals surface area contributed by atoms with Crippen LogP contribution in [0.1, 0.15) is 39.2 Å². The van der Waals surface area contributed by atoms with Crippen LogP contribution in [0, 0.1) is 16.7 Å². The van der Waals surface area contributed by atoms with Gasteiger partial charge in [0, 0.05) is 30.2 Å². The topological polar surface area (TPSA) is 65.9 Å². The van der Waals surface area contributed by atoms with Gasteiger partial charge in [-0.25, -0.2) is 4.98 Å². The Kier molecular flexibility index (Phi) is 4.68. The van der Waals surface area contributed by atoms with Crippen LogP contribution in [0.15, 0.2) is 18.3 Å². The van der Waals surface area contributed by atoms with Gasteiger partial charge < -0.3 is 10.6 Å². The number of hydrogen-bond donors (Lipinski definition) is 1. The number of anilines is 1. The number of pyridine rings is 1. The molecule has 0 spiro atoms. The monoisotopic (exact) mass is 294 g/mol. The SMILES string of the molecule is CN(c1ncccc1C#N)[C@H]1CC[C@@](C)(N)C1(C)C.Cl. The molecule has 1 saturated carbocycles. The zero-order valence-electron chi connectivity index (χ0n) is 12.6. The van der Waals surface area contributed by atoms with Crippen LogP contribution in [0.3, 0.4) is 0 Å². The molecule has 0 aliphatic heterocycles. The molecule has 1 aromatic heterocycles. The van der Waals surface area contributed by atoms with Gasteiger partial charge in [-0.1, -0.05) is 13.8 Å². The van der Waals surface area contributed by atoms with Crippen LogP contribution in [-0.4, -0.2) is 23.6 Å². The van der Waals surface area contributed by atoms with Crippen LogP contribution in [0.25, 0.3) is 0 Å². The molecule has 0 saturated heterocycles. The first-order valence-electron chi connectivity index (χ1n) is 6.68. The molecule has 1 aliphatic rings. The van der Waals surface area contributed by atoms with Crippen molar-refractivity contribution in [2.45, 2.75) is 45.2 Å². The van der Waals surface area contributed by atoms with Crippen LogP contribution in [0.2, 0.25) is 0 Å². The van der Waals surface area contributed by atoms with Crippen LogP contribution in [-0.2, 0) is 0 Å². The average molecular weight is 295 g/mol. The molecular formula is C15H23ClN4. The number of nitrogens with zero attached hydrogens (tertiary/aromatic N) is 3. The first-order chi connectivity index (χ1) is 8.81. The van der Waals surface area contributed by atoms with Crippen molar-refractivity contribution in [1.82, 2.24) is 4.98 Å². The van der Waals surface area contributed by atoms with E-state index in [4.69, 9.17) is 5.73 Å². The van der Waals surface area contributed by atoms with Gasteiger partial charge in [-0.2, -0.15) is 5.26 Å². The largest absolute Gasteiger partial charge is 0.355 e. The molecule has 110 valence electrons. The van der Waals surface area contributed by atoms with E-state index >= 15 is 0 Å². The molecule has 1 heterocycles. The molecule has 2 atom stereocenters. The predicted molar refractivity (Wildman–Crippen MR) is 84.0 cm³/mol. The van der Waals surface area contributed by atoms with Crippen molar-refractivity contribution in [2.24, 2.45) is 11.1 Å². The molecule has 0 radical (unpaired) electrons. The summed E-state index contributed by atoms with van der Waals surface area (Å²) in [4.78, 5) is 6.49. The molecule has 20 heavy (non-hydrogen) atoms. The van der Waals surface area contributed by atoms with Crippen molar-refractivity contribution in [2.75, 3.05) is 11.9 Å². The molecule has 1 aliphatic carbocycles. The number of nitrogens with two attached hydrogens (primary N) is 1. The molecule has 5 heteroatoms. The van der Waals surface area contributed by atoms with Crippen molar-refractivity contribution < 1.29 is 0 Å². The summed E-state index contributed by atoms with van der Waals surface area (Å²) in [6, 6.07) is 6.11. The van der Waals surface area contributed by atoms with E-state index < -0.39 is 0 Å². The number of nitriles is 1. The normalized spacial score (nSPS) is 27.5. The molecule has 0 amide bonds. The quantitative estimate of drug-likeness (QED) is 0.911. The van der Waals surface area contributed by atoms with Gasteiger partial charge in [0.2, 0.25) is 0 Å². The first-order valence-corrected chi connectivity index (χ1v) is 6.68. The summed E-state index contributed by atoms with van der Waals surface area (Å²) in [6.45, 7) is 6.52. The summed E-state index contributed by atoms with van der Waals surface area (Å²) in [5.74, 6) is 0.751. The van der Waals surface area contributed by atoms with E-state index in [9.17, 15) is 5.26 Å². The van der Waals surface area contributed by atoms with Gasteiger partial charge in [0.25, 0.3) is 0 Å². The second-order valence-electron chi connectivity index (χ2n) is 6.29. The lowest BCUT2D eigenvalue weighted by Gasteiger charge is -2.42. The maximum absolute atomic E-state index is 9.20. The van der Waals surface area contributed by atoms with Crippen molar-refractivity contribution in [1.29, 1.82) is 5.26 Å². The van der Waals surface area contributed by atoms with Gasteiger partial charge in [0.1, 0.15) is 11.9 Å². The molecule has 1 aromatic rings. The second-order valence-corrected chi connectivity index (χ2v) is 6.29. The number of hydrogen-bond acceptors (Lipinski definition) is 4. The zero-order valence-corrected chi connectivity index (χ0v) is 13.4. The Morgan fingerprint density at radius 2 is 2.10 bits per heavy atom. The fraction of sp³-hybridized carbons (Fsp3) is 0.600. The Labute approximate surface area is 127 Å². The van der Waals surface area contributed by atoms with Crippen molar-refractivity contribution in [3.8, 4) is 6.07 Å². The fourth-order valence-corrected chi connectivity index (χ4v) is 3.09. The highest BCUT2D eigenvalue weighted by atomic mass is 35.5. The van der Waals surface area contributed by atoms with Crippen molar-refractivity contribution >= 4 is 18.2 Å². The molecule has 2 N–H and O–H groups in total. The van der Waals surface area contributed by atoms with Gasteiger partial charge in [-0.05, 0) is 31.9 Å². The van der Waals surface area contributed by atoms with Crippen molar-refractivity contribution in [3.05, 3.63) is 23.9 Å². The predicted octanol–water partition coefficient (Wildman–Crippen LogP) is 2.72. The number of aromatic nitrogens is 1. The lowest BCUT2D eigenvalue weighted by Crippen LogP contribution is -2.53. The Balaban J connectivity index is 0.00000200. The minimum absolute atomic E-state index is 0. The lowest BCUT2D eigenvalue weighted by molar-refractivity contribution is 0.203. The molecule has 0 bridgehead atoms. The highest BCUT2D eigenvalue weighted by molar-refractivity contribution is 5.85. The third kappa shape index (κ3) is 2.48. The fourth-order valence-electron chi connectivity index (χ4n) is 3.09. The Morgan fingerprint density at radius 3 is 2.60 bits per heavy atom. The standard InChI is InChI=1S/C15H22N4.ClH/c1-14(2)12(7-8-15(14,3)17)19(4)13-11(10-16)6-5-9-18-13;/h5-6,9,12H,7-8,17H2,1-4H3;1H/t12-,15+;/m0./s1. The smallest absolute Gasteiger partial charge is 0.146 e. The van der Waals surface area contributed by atoms with Crippen LogP contribution in [0.4, 0.5) is 5.82 Å². The average Bonchev–Trinajstić information content (AvgIpc) is 2.58. The highest BCUT2D eigenvalue weighted by Gasteiger charge is 2.51. The Bertz CT molecular complexity index is 519. The van der Waals surface area contributed by atoms with E-state index in [1.54, 1.807) is 12.3 Å². The van der Waals surface area contributed by atoms with Gasteiger partial charge >= 0.3 is 0 Å². The molecule has 4 nitrogen and oxygen atoms in total. The summed E-state index contributed by atoms with van der Waals surface area (Å²) in [5.41, 5.74) is 6.83. The molecule has 1 fully saturated rings. The molecule has 0 aromatic carbocycles. The van der Waals surface area contributed by atoms with Gasteiger partial charge in [-0.15, -0.1) is 12.4 Å². The maximum Gasteiger partial charge on any atom is 0.146 e. The van der Waals surface area contributed by atoms with E-state index in [0.29, 0.717) is 11.6 Å². The highest BCUT2D eigenvalue weighted by Crippen LogP contribution is 2.47. The van der Waals surface area contributed by atoms with Crippen LogP contribution in [0.5, 0.6) is 0 Å². The Hall–Kier alpha value is -1.31. The third-order valence-corrected chi connectivity index (χ3v) is 4.95. The maximum atomic E-state index is 9.20. The third-order valence-electron chi connectivity index (χ3n) is 4.95.